The van der Waals surface area contributed by atoms with Crippen LogP contribution in [0, 0.1) is 17.8 Å². The van der Waals surface area contributed by atoms with Crippen LogP contribution in [0.15, 0.2) is 84.9 Å². The van der Waals surface area contributed by atoms with Crippen molar-refractivity contribution in [3.8, 4) is 57.1 Å². The van der Waals surface area contributed by atoms with E-state index in [1.54, 1.807) is 19.1 Å². The lowest BCUT2D eigenvalue weighted by Crippen LogP contribution is -2.53. The summed E-state index contributed by atoms with van der Waals surface area (Å²) in [5.74, 6) is -12.9. The minimum absolute atomic E-state index is 0.0173. The van der Waals surface area contributed by atoms with Gasteiger partial charge in [-0.2, -0.15) is 0 Å². The maximum absolute atomic E-state index is 15.6. The van der Waals surface area contributed by atoms with Crippen LogP contribution in [0.2, 0.25) is 5.02 Å². The number of nitrogens with two attached hydrogens (primary N) is 1. The zero-order valence-corrected chi connectivity index (χ0v) is 44.8. The van der Waals surface area contributed by atoms with E-state index in [0.717, 1.165) is 31.0 Å². The van der Waals surface area contributed by atoms with Gasteiger partial charge in [-0.1, -0.05) is 63.1 Å². The number of carboxylic acid groups (broad SMARTS) is 1. The molecule has 0 fully saturated rings. The molecule has 5 aliphatic rings. The molecular formula is C58H62ClN5O16. The summed E-state index contributed by atoms with van der Waals surface area (Å²) in [5, 5.41) is 78.6. The molecule has 0 spiro atoms. The molecule has 11 bridgehead atoms. The van der Waals surface area contributed by atoms with Crippen molar-refractivity contribution >= 4 is 52.8 Å². The van der Waals surface area contributed by atoms with Crippen LogP contribution in [0.1, 0.15) is 118 Å². The molecule has 21 nitrogen and oxygen atoms in total. The molecule has 4 amide bonds. The maximum Gasteiger partial charge on any atom is 0.330 e. The number of ether oxygens (including phenoxy) is 3. The number of aliphatic hydroxyl groups is 2. The van der Waals surface area contributed by atoms with Crippen LogP contribution < -0.4 is 41.2 Å². The van der Waals surface area contributed by atoms with Crippen molar-refractivity contribution in [1.29, 1.82) is 0 Å². The van der Waals surface area contributed by atoms with Crippen LogP contribution in [-0.4, -0.2) is 97.0 Å². The Morgan fingerprint density at radius 3 is 2.09 bits per heavy atom. The highest BCUT2D eigenvalue weighted by molar-refractivity contribution is 6.32. The Morgan fingerprint density at radius 1 is 0.750 bits per heavy atom. The molecule has 422 valence electrons. The van der Waals surface area contributed by atoms with E-state index in [2.05, 4.69) is 35.1 Å². The number of carbonyl (C=O) groups is 7. The number of fused-ring (bicyclic) bond motifs is 15. The first-order valence-electron chi connectivity index (χ1n) is 26.1. The normalized spacial score (nSPS) is 22.7. The van der Waals surface area contributed by atoms with Gasteiger partial charge in [-0.05, 0) is 109 Å². The summed E-state index contributed by atoms with van der Waals surface area (Å²) in [6, 6.07) is 10.7. The molecule has 9 atom stereocenters. The number of benzene rings is 5. The molecule has 9 unspecified atom stereocenters. The minimum atomic E-state index is -2.11. The number of aliphatic carboxylic acids is 1. The number of aromatic hydroxyl groups is 3. The predicted octanol–water partition coefficient (Wildman–Crippen LogP) is 6.32. The first-order valence-corrected chi connectivity index (χ1v) is 26.4. The number of aliphatic hydroxyl groups excluding tert-OH is 2. The third kappa shape index (κ3) is 12.6. The molecule has 10 rings (SSSR count). The van der Waals surface area contributed by atoms with Crippen molar-refractivity contribution in [2.24, 2.45) is 23.5 Å². The fraction of sp³-hybridized carbons (Fsp3) is 0.362. The van der Waals surface area contributed by atoms with Gasteiger partial charge in [0.1, 0.15) is 53.0 Å². The van der Waals surface area contributed by atoms with E-state index in [1.807, 2.05) is 6.92 Å². The van der Waals surface area contributed by atoms with Crippen molar-refractivity contribution in [2.75, 3.05) is 13.2 Å². The molecule has 22 heteroatoms. The van der Waals surface area contributed by atoms with Crippen LogP contribution in [0.3, 0.4) is 0 Å². The number of hydrogen-bond donors (Lipinski definition) is 11. The van der Waals surface area contributed by atoms with Crippen LogP contribution in [-0.2, 0) is 33.6 Å². The molecule has 12 N–H and O–H groups in total. The number of hydrogen-bond acceptors (Lipinski definition) is 16. The highest BCUT2D eigenvalue weighted by atomic mass is 35.5. The lowest BCUT2D eigenvalue weighted by molar-refractivity contribution is -0.143. The number of nitrogens with one attached hydrogen (secondary N) is 4. The Balaban J connectivity index is 1.37. The van der Waals surface area contributed by atoms with Gasteiger partial charge in [0.2, 0.25) is 29.4 Å². The topological polar surface area (TPSA) is 343 Å². The van der Waals surface area contributed by atoms with E-state index in [9.17, 15) is 54.6 Å². The smallest absolute Gasteiger partial charge is 0.330 e. The summed E-state index contributed by atoms with van der Waals surface area (Å²) in [7, 11) is 0. The summed E-state index contributed by atoms with van der Waals surface area (Å²) in [4.78, 5) is 101. The molecular weight excluding hydrogens is 1060 g/mol. The van der Waals surface area contributed by atoms with Crippen molar-refractivity contribution in [3.05, 3.63) is 118 Å². The number of phenols is 3. The predicted molar refractivity (Wildman–Crippen MR) is 288 cm³/mol. The Morgan fingerprint density at radius 2 is 1.44 bits per heavy atom. The SMILES string of the molecule is CCOc1c2cc3cc1Oc1ccc(cc1Cl)C(O)C1NC(=O)C(CC(=O)C3NC(=O)C(CC(N)=O)CC(=O)C(NCC(CC)CC(C)C)C(O)c3ccc(cc3)O2)c2ccc(O)c(c2)-c2c(O)cc(O)cc2C(C(=O)O)NC1=O. The summed E-state index contributed by atoms with van der Waals surface area (Å²) in [5.41, 5.74) is 4.64. The monoisotopic (exact) mass is 1120 g/mol. The molecule has 5 aromatic carbocycles. The van der Waals surface area contributed by atoms with Crippen molar-refractivity contribution in [2.45, 2.75) is 102 Å². The van der Waals surface area contributed by atoms with Crippen LogP contribution in [0.25, 0.3) is 11.1 Å². The van der Waals surface area contributed by atoms with E-state index in [0.29, 0.717) is 18.0 Å². The lowest BCUT2D eigenvalue weighted by Gasteiger charge is -2.30. The summed E-state index contributed by atoms with van der Waals surface area (Å²) >= 11 is 6.88. The van der Waals surface area contributed by atoms with Crippen LogP contribution in [0.5, 0.6) is 46.0 Å². The molecule has 5 heterocycles. The molecule has 0 saturated carbocycles. The first kappa shape index (κ1) is 57.9. The summed E-state index contributed by atoms with van der Waals surface area (Å²) < 4.78 is 19.1. The molecule has 5 aliphatic heterocycles. The lowest BCUT2D eigenvalue weighted by atomic mass is 9.84. The molecule has 0 aliphatic carbocycles. The Labute approximate surface area is 464 Å². The third-order valence-electron chi connectivity index (χ3n) is 14.5. The quantitative estimate of drug-likeness (QED) is 0.0689. The second kappa shape index (κ2) is 24.4. The zero-order valence-electron chi connectivity index (χ0n) is 44.0. The van der Waals surface area contributed by atoms with Gasteiger partial charge in [-0.15, -0.1) is 0 Å². The Hall–Kier alpha value is -8.24. The molecule has 0 saturated heterocycles. The highest BCUT2D eigenvalue weighted by Gasteiger charge is 2.41. The van der Waals surface area contributed by atoms with Gasteiger partial charge in [-0.25, -0.2) is 4.79 Å². The number of rotatable bonds is 11. The maximum atomic E-state index is 15.6. The van der Waals surface area contributed by atoms with Crippen LogP contribution >= 0.6 is 11.6 Å². The number of phenolic OH excluding ortho intramolecular Hbond substituents is 3. The third-order valence-corrected chi connectivity index (χ3v) is 14.8. The number of ketones is 2. The standard InChI is InChI=1S/C58H62ClN5O16/c1-5-27(15-26(3)4)25-61-50-41(68)18-32(21-46(60)70)55(73)62-48-31-19-44(79-34-11-7-28(8-12-34)52(50)71)54(78-6-2)45(20-31)80-43-14-10-30(17-38(43)59)53(72)51-57(75)63-49(58(76)77)37-22-33(65)23-40(67)47(37)36-16-29(9-13-39(36)66)35(24-42(48)69)56(74)64-51/h7-14,16-17,19-20,22-23,26-27,32,35,48-53,61,65-67,71-72H,5-6,15,18,21,24-25H2,1-4H3,(H2,60,70)(H,62,73)(H,63,75)(H,64,74)(H,76,77). The van der Waals surface area contributed by atoms with E-state index in [4.69, 9.17) is 31.5 Å². The number of carbonyl (C=O) groups excluding carboxylic acids is 6. The fourth-order valence-electron chi connectivity index (χ4n) is 10.4. The van der Waals surface area contributed by atoms with Crippen LogP contribution in [0.4, 0.5) is 0 Å². The van der Waals surface area contributed by atoms with Gasteiger partial charge in [0.25, 0.3) is 0 Å². The Bertz CT molecular complexity index is 3240. The molecule has 5 aromatic rings. The minimum Gasteiger partial charge on any atom is -0.508 e. The Kier molecular flexibility index (Phi) is 17.7. The average molecular weight is 1120 g/mol. The second-order valence-electron chi connectivity index (χ2n) is 20.6. The zero-order chi connectivity index (χ0) is 57.9. The summed E-state index contributed by atoms with van der Waals surface area (Å²) in [6.45, 7) is 8.14. The van der Waals surface area contributed by atoms with E-state index in [-0.39, 0.29) is 68.5 Å². The van der Waals surface area contributed by atoms with Gasteiger partial charge in [0.05, 0.1) is 29.5 Å². The van der Waals surface area contributed by atoms with E-state index >= 15 is 9.59 Å². The van der Waals surface area contributed by atoms with Gasteiger partial charge in [-0.3, -0.25) is 28.8 Å². The largest absolute Gasteiger partial charge is 0.508 e. The number of primary amides is 1. The number of Topliss-reactive ketones (excluding diaryl/α,β-unsaturated/α-hetero) is 2. The van der Waals surface area contributed by atoms with Crippen molar-refractivity contribution in [1.82, 2.24) is 21.3 Å². The molecule has 0 radical (unpaired) electrons. The first-order chi connectivity index (χ1) is 38.0. The summed E-state index contributed by atoms with van der Waals surface area (Å²) in [6.07, 6.45) is -4.21. The fourth-order valence-corrected chi connectivity index (χ4v) is 10.7. The van der Waals surface area contributed by atoms with E-state index in [1.165, 1.54) is 54.6 Å². The number of amides is 4. The van der Waals surface area contributed by atoms with Crippen molar-refractivity contribution in [3.63, 3.8) is 0 Å². The average Bonchev–Trinajstić information content (AvgIpc) is 3.41. The second-order valence-corrected chi connectivity index (χ2v) is 21.0. The van der Waals surface area contributed by atoms with Gasteiger partial charge >= 0.3 is 5.97 Å². The number of halogens is 1. The molecule has 80 heavy (non-hydrogen) atoms. The van der Waals surface area contributed by atoms with Gasteiger partial charge in [0, 0.05) is 42.0 Å². The molecule has 0 aromatic heterocycles. The van der Waals surface area contributed by atoms with Gasteiger partial charge < -0.3 is 71.9 Å². The van der Waals surface area contributed by atoms with E-state index < -0.39 is 137 Å². The van der Waals surface area contributed by atoms with Crippen molar-refractivity contribution < 1.29 is 78.4 Å². The number of carboxylic acids is 1. The van der Waals surface area contributed by atoms with Gasteiger partial charge in [0.15, 0.2) is 29.1 Å². The highest BCUT2D eigenvalue weighted by Crippen LogP contribution is 2.48.